The van der Waals surface area contributed by atoms with Crippen molar-refractivity contribution < 1.29 is 14.6 Å². The highest BCUT2D eigenvalue weighted by Gasteiger charge is 2.15. The topological polar surface area (TPSA) is 58.6 Å². The highest BCUT2D eigenvalue weighted by molar-refractivity contribution is 6.37. The Labute approximate surface area is 208 Å². The van der Waals surface area contributed by atoms with E-state index in [1.165, 1.54) is 69.4 Å². The summed E-state index contributed by atoms with van der Waals surface area (Å²) in [5.41, 5.74) is 1.94. The maximum Gasteiger partial charge on any atom is 0.262 e. The summed E-state index contributed by atoms with van der Waals surface area (Å²) in [5, 5.41) is 13.2. The quantitative estimate of drug-likeness (QED) is 0.193. The Hall–Kier alpha value is -1.91. The number of nitrogens with one attached hydrogen (secondary N) is 1. The van der Waals surface area contributed by atoms with Gasteiger partial charge in [-0.15, -0.1) is 0 Å². The number of unbranched alkanes of at least 4 members (excludes halogenated alkanes) is 9. The number of benzene rings is 2. The lowest BCUT2D eigenvalue weighted by molar-refractivity contribution is -0.118. The van der Waals surface area contributed by atoms with Gasteiger partial charge in [0.2, 0.25) is 0 Å². The molecule has 0 heterocycles. The Morgan fingerprint density at radius 2 is 1.61 bits per heavy atom. The first-order valence-corrected chi connectivity index (χ1v) is 12.9. The van der Waals surface area contributed by atoms with Gasteiger partial charge in [-0.25, -0.2) is 0 Å². The predicted molar refractivity (Wildman–Crippen MR) is 139 cm³/mol. The fraction of sp³-hybridized carbons (Fsp3) is 0.519. The van der Waals surface area contributed by atoms with Crippen LogP contribution in [0.1, 0.15) is 82.3 Å². The van der Waals surface area contributed by atoms with Crippen molar-refractivity contribution in [1.29, 1.82) is 0 Å². The van der Waals surface area contributed by atoms with Crippen LogP contribution in [-0.4, -0.2) is 17.6 Å². The monoisotopic (exact) mass is 493 g/mol. The minimum Gasteiger partial charge on any atom is -0.504 e. The summed E-state index contributed by atoms with van der Waals surface area (Å²) in [4.78, 5) is 12.3. The van der Waals surface area contributed by atoms with Gasteiger partial charge < -0.3 is 15.2 Å². The van der Waals surface area contributed by atoms with Gasteiger partial charge in [0.25, 0.3) is 5.91 Å². The number of amides is 1. The van der Waals surface area contributed by atoms with Crippen LogP contribution in [0.4, 0.5) is 5.69 Å². The molecule has 2 rings (SSSR count). The third-order valence-corrected chi connectivity index (χ3v) is 6.64. The lowest BCUT2D eigenvalue weighted by Crippen LogP contribution is -2.20. The number of hydrogen-bond acceptors (Lipinski definition) is 3. The third-order valence-electron chi connectivity index (χ3n) is 5.78. The molecule has 33 heavy (non-hydrogen) atoms. The second kappa shape index (κ2) is 15.1. The Kier molecular flexibility index (Phi) is 12.5. The molecule has 2 N–H and O–H groups in total. The largest absolute Gasteiger partial charge is 0.504 e. The summed E-state index contributed by atoms with van der Waals surface area (Å²) in [6.45, 7) is 3.77. The number of anilines is 1. The Morgan fingerprint density at radius 1 is 0.970 bits per heavy atom. The number of aryl methyl sites for hydroxylation is 1. The molecule has 0 aliphatic heterocycles. The average Bonchev–Trinajstić information content (AvgIpc) is 2.81. The van der Waals surface area contributed by atoms with Crippen LogP contribution in [0.5, 0.6) is 11.5 Å². The van der Waals surface area contributed by atoms with Gasteiger partial charge in [-0.1, -0.05) is 100 Å². The van der Waals surface area contributed by atoms with E-state index in [2.05, 4.69) is 18.3 Å². The van der Waals surface area contributed by atoms with Crippen LogP contribution in [0.15, 0.2) is 30.3 Å². The summed E-state index contributed by atoms with van der Waals surface area (Å²) >= 11 is 12.1. The molecule has 0 bridgehead atoms. The van der Waals surface area contributed by atoms with Crippen molar-refractivity contribution in [2.24, 2.45) is 0 Å². The molecule has 2 aromatic rings. The van der Waals surface area contributed by atoms with Gasteiger partial charge in [0.05, 0.1) is 10.7 Å². The number of phenolic OH excluding ortho intramolecular Hbond substituents is 1. The molecule has 1 amide bonds. The van der Waals surface area contributed by atoms with Crippen molar-refractivity contribution in [2.75, 3.05) is 11.9 Å². The Bertz CT molecular complexity index is 886. The lowest BCUT2D eigenvalue weighted by Gasteiger charge is -2.12. The van der Waals surface area contributed by atoms with Crippen LogP contribution >= 0.6 is 23.2 Å². The zero-order valence-electron chi connectivity index (χ0n) is 19.9. The van der Waals surface area contributed by atoms with E-state index in [1.54, 1.807) is 6.92 Å². The van der Waals surface area contributed by atoms with E-state index in [-0.39, 0.29) is 23.1 Å². The summed E-state index contributed by atoms with van der Waals surface area (Å²) in [5.74, 6) is 0.0470. The van der Waals surface area contributed by atoms with Gasteiger partial charge >= 0.3 is 0 Å². The molecule has 0 unspecified atom stereocenters. The number of phenols is 1. The van der Waals surface area contributed by atoms with Gasteiger partial charge in [0.15, 0.2) is 12.4 Å². The predicted octanol–water partition coefficient (Wildman–Crippen LogP) is 8.49. The zero-order chi connectivity index (χ0) is 24.1. The fourth-order valence-corrected chi connectivity index (χ4v) is 4.20. The van der Waals surface area contributed by atoms with E-state index in [1.807, 2.05) is 18.2 Å². The second-order valence-electron chi connectivity index (χ2n) is 8.61. The molecule has 0 radical (unpaired) electrons. The fourth-order valence-electron chi connectivity index (χ4n) is 3.74. The molecule has 0 aliphatic rings. The Morgan fingerprint density at radius 3 is 2.27 bits per heavy atom. The standard InChI is InChI=1S/C27H37Cl2NO3/c1-3-4-5-6-7-8-9-10-11-12-14-21-15-13-16-22(17-21)33-19-25(31)30-24-18-23(28)20(2)26(29)27(24)32/h13,15-18,32H,3-12,14,19H2,1-2H3,(H,30,31). The number of ether oxygens (including phenoxy) is 1. The van der Waals surface area contributed by atoms with E-state index in [9.17, 15) is 9.90 Å². The average molecular weight is 495 g/mol. The number of aromatic hydroxyl groups is 1. The highest BCUT2D eigenvalue weighted by Crippen LogP contribution is 2.38. The van der Waals surface area contributed by atoms with Crippen LogP contribution in [0.3, 0.4) is 0 Å². The first kappa shape index (κ1) is 27.3. The van der Waals surface area contributed by atoms with E-state index < -0.39 is 5.91 Å². The molecule has 0 aliphatic carbocycles. The molecule has 2 aromatic carbocycles. The molecule has 0 spiro atoms. The molecule has 4 nitrogen and oxygen atoms in total. The zero-order valence-corrected chi connectivity index (χ0v) is 21.4. The van der Waals surface area contributed by atoms with Gasteiger partial charge in [0, 0.05) is 5.02 Å². The minimum atomic E-state index is -0.401. The van der Waals surface area contributed by atoms with Crippen molar-refractivity contribution in [3.8, 4) is 11.5 Å². The van der Waals surface area contributed by atoms with Gasteiger partial charge in [-0.3, -0.25) is 4.79 Å². The summed E-state index contributed by atoms with van der Waals surface area (Å²) in [7, 11) is 0. The second-order valence-corrected chi connectivity index (χ2v) is 9.39. The van der Waals surface area contributed by atoms with Crippen LogP contribution in [0, 0.1) is 6.92 Å². The molecule has 182 valence electrons. The van der Waals surface area contributed by atoms with Gasteiger partial charge in [-0.05, 0) is 49.1 Å². The third kappa shape index (κ3) is 9.85. The molecule has 6 heteroatoms. The molecule has 0 aromatic heterocycles. The van der Waals surface area contributed by atoms with E-state index in [0.29, 0.717) is 16.3 Å². The normalized spacial score (nSPS) is 10.9. The van der Waals surface area contributed by atoms with Crippen molar-refractivity contribution in [1.82, 2.24) is 0 Å². The molecule has 0 saturated carbocycles. The maximum atomic E-state index is 12.3. The van der Waals surface area contributed by atoms with Crippen molar-refractivity contribution >= 4 is 34.8 Å². The van der Waals surface area contributed by atoms with Crippen LogP contribution in [-0.2, 0) is 11.2 Å². The number of carbonyl (C=O) groups excluding carboxylic acids is 1. The van der Waals surface area contributed by atoms with Crippen molar-refractivity contribution in [2.45, 2.75) is 84.5 Å². The smallest absolute Gasteiger partial charge is 0.262 e. The van der Waals surface area contributed by atoms with E-state index >= 15 is 0 Å². The number of carbonyl (C=O) groups is 1. The minimum absolute atomic E-state index is 0.124. The van der Waals surface area contributed by atoms with Gasteiger partial charge in [-0.2, -0.15) is 0 Å². The van der Waals surface area contributed by atoms with Crippen LogP contribution in [0.25, 0.3) is 0 Å². The first-order chi connectivity index (χ1) is 15.9. The van der Waals surface area contributed by atoms with Crippen LogP contribution in [0.2, 0.25) is 10.0 Å². The summed E-state index contributed by atoms with van der Waals surface area (Å²) < 4.78 is 5.64. The van der Waals surface area contributed by atoms with E-state index in [0.717, 1.165) is 12.8 Å². The molecule has 0 fully saturated rings. The molecular weight excluding hydrogens is 457 g/mol. The highest BCUT2D eigenvalue weighted by atomic mass is 35.5. The van der Waals surface area contributed by atoms with Crippen molar-refractivity contribution in [3.63, 3.8) is 0 Å². The number of hydrogen-bond donors (Lipinski definition) is 2. The summed E-state index contributed by atoms with van der Waals surface area (Å²) in [6, 6.07) is 9.34. The van der Waals surface area contributed by atoms with Crippen molar-refractivity contribution in [3.05, 3.63) is 51.5 Å². The Balaban J connectivity index is 1.69. The molecule has 0 saturated heterocycles. The maximum absolute atomic E-state index is 12.3. The lowest BCUT2D eigenvalue weighted by atomic mass is 10.0. The summed E-state index contributed by atoms with van der Waals surface area (Å²) in [6.07, 6.45) is 14.2. The SMILES string of the molecule is CCCCCCCCCCCCc1cccc(OCC(=O)Nc2cc(Cl)c(C)c(Cl)c2O)c1. The molecular formula is C27H37Cl2NO3. The number of halogens is 2. The van der Waals surface area contributed by atoms with Crippen LogP contribution < -0.4 is 10.1 Å². The van der Waals surface area contributed by atoms with Gasteiger partial charge in [0.1, 0.15) is 5.75 Å². The first-order valence-electron chi connectivity index (χ1n) is 12.1. The number of rotatable bonds is 15. The van der Waals surface area contributed by atoms with E-state index in [4.69, 9.17) is 27.9 Å². The molecule has 0 atom stereocenters.